The lowest BCUT2D eigenvalue weighted by atomic mass is 10.0. The van der Waals surface area contributed by atoms with E-state index in [2.05, 4.69) is 62.0 Å². The van der Waals surface area contributed by atoms with Gasteiger partial charge in [0.15, 0.2) is 0 Å². The highest BCUT2D eigenvalue weighted by Gasteiger charge is 1.97. The third-order valence-corrected chi connectivity index (χ3v) is 2.90. The molecule has 0 saturated heterocycles. The number of hydrogen-bond acceptors (Lipinski definition) is 0. The summed E-state index contributed by atoms with van der Waals surface area (Å²) in [6.07, 6.45) is 2.16. The Balaban J connectivity index is 2.11. The Bertz CT molecular complexity index is 477. The summed E-state index contributed by atoms with van der Waals surface area (Å²) < 4.78 is 0. The van der Waals surface area contributed by atoms with Crippen LogP contribution in [0.3, 0.4) is 0 Å². The SMILES string of the molecule is C=C(C)CCc1ccc(-c2ccccc2)cc1. The van der Waals surface area contributed by atoms with Crippen molar-refractivity contribution in [1.29, 1.82) is 0 Å². The van der Waals surface area contributed by atoms with Crippen molar-refractivity contribution >= 4 is 0 Å². The number of rotatable bonds is 4. The molecule has 0 unspecified atom stereocenters. The van der Waals surface area contributed by atoms with Gasteiger partial charge in [-0.05, 0) is 36.5 Å². The lowest BCUT2D eigenvalue weighted by Crippen LogP contribution is -1.86. The summed E-state index contributed by atoms with van der Waals surface area (Å²) in [6, 6.07) is 19.3. The number of benzene rings is 2. The van der Waals surface area contributed by atoms with Crippen LogP contribution in [-0.4, -0.2) is 0 Å². The average molecular weight is 222 g/mol. The number of allylic oxidation sites excluding steroid dienone is 1. The molecule has 0 bridgehead atoms. The lowest BCUT2D eigenvalue weighted by Gasteiger charge is -2.04. The molecule has 0 amide bonds. The van der Waals surface area contributed by atoms with Crippen molar-refractivity contribution in [3.63, 3.8) is 0 Å². The van der Waals surface area contributed by atoms with E-state index in [1.165, 1.54) is 22.3 Å². The minimum absolute atomic E-state index is 1.07. The molecule has 17 heavy (non-hydrogen) atoms. The van der Waals surface area contributed by atoms with Crippen LogP contribution in [0.1, 0.15) is 18.9 Å². The number of aryl methyl sites for hydroxylation is 1. The standard InChI is InChI=1S/C17H18/c1-14(2)8-9-15-10-12-17(13-11-15)16-6-4-3-5-7-16/h3-7,10-13H,1,8-9H2,2H3. The van der Waals surface area contributed by atoms with E-state index in [9.17, 15) is 0 Å². The van der Waals surface area contributed by atoms with Gasteiger partial charge in [0, 0.05) is 0 Å². The molecule has 0 aliphatic heterocycles. The molecule has 2 aromatic rings. The van der Waals surface area contributed by atoms with E-state index in [4.69, 9.17) is 0 Å². The highest BCUT2D eigenvalue weighted by molar-refractivity contribution is 5.63. The van der Waals surface area contributed by atoms with Crippen LogP contribution in [0.25, 0.3) is 11.1 Å². The molecular formula is C17H18. The fourth-order valence-electron chi connectivity index (χ4n) is 1.85. The molecule has 0 atom stereocenters. The van der Waals surface area contributed by atoms with Gasteiger partial charge in [0.2, 0.25) is 0 Å². The van der Waals surface area contributed by atoms with Crippen LogP contribution in [-0.2, 0) is 6.42 Å². The predicted octanol–water partition coefficient (Wildman–Crippen LogP) is 4.86. The summed E-state index contributed by atoms with van der Waals surface area (Å²) in [5.74, 6) is 0. The van der Waals surface area contributed by atoms with Gasteiger partial charge in [-0.15, -0.1) is 6.58 Å². The van der Waals surface area contributed by atoms with E-state index in [0.717, 1.165) is 12.8 Å². The van der Waals surface area contributed by atoms with E-state index >= 15 is 0 Å². The first-order chi connectivity index (χ1) is 8.25. The van der Waals surface area contributed by atoms with Crippen molar-refractivity contribution < 1.29 is 0 Å². The molecule has 0 saturated carbocycles. The van der Waals surface area contributed by atoms with Crippen LogP contribution in [0.15, 0.2) is 66.7 Å². The highest BCUT2D eigenvalue weighted by atomic mass is 14.0. The Hall–Kier alpha value is -1.82. The topological polar surface area (TPSA) is 0 Å². The summed E-state index contributed by atoms with van der Waals surface area (Å²) in [6.45, 7) is 6.02. The molecule has 0 heteroatoms. The van der Waals surface area contributed by atoms with Crippen LogP contribution in [0.5, 0.6) is 0 Å². The summed E-state index contributed by atoms with van der Waals surface area (Å²) in [7, 11) is 0. The van der Waals surface area contributed by atoms with Crippen molar-refractivity contribution in [1.82, 2.24) is 0 Å². The zero-order valence-electron chi connectivity index (χ0n) is 10.3. The van der Waals surface area contributed by atoms with Crippen molar-refractivity contribution in [3.8, 4) is 11.1 Å². The molecule has 2 rings (SSSR count). The average Bonchev–Trinajstić information content (AvgIpc) is 2.38. The highest BCUT2D eigenvalue weighted by Crippen LogP contribution is 2.19. The molecule has 86 valence electrons. The lowest BCUT2D eigenvalue weighted by molar-refractivity contribution is 0.946. The Labute approximate surface area is 104 Å². The maximum Gasteiger partial charge on any atom is -0.0184 e. The van der Waals surface area contributed by atoms with Gasteiger partial charge in [-0.25, -0.2) is 0 Å². The molecule has 0 heterocycles. The Morgan fingerprint density at radius 2 is 1.47 bits per heavy atom. The number of hydrogen-bond donors (Lipinski definition) is 0. The summed E-state index contributed by atoms with van der Waals surface area (Å²) >= 11 is 0. The van der Waals surface area contributed by atoms with Crippen molar-refractivity contribution in [2.75, 3.05) is 0 Å². The van der Waals surface area contributed by atoms with Crippen LogP contribution >= 0.6 is 0 Å². The van der Waals surface area contributed by atoms with Crippen molar-refractivity contribution in [2.45, 2.75) is 19.8 Å². The predicted molar refractivity (Wildman–Crippen MR) is 75.0 cm³/mol. The van der Waals surface area contributed by atoms with Gasteiger partial charge in [-0.1, -0.05) is 60.2 Å². The fourth-order valence-corrected chi connectivity index (χ4v) is 1.85. The smallest absolute Gasteiger partial charge is 0.0184 e. The minimum atomic E-state index is 1.07. The Kier molecular flexibility index (Phi) is 3.77. The first-order valence-corrected chi connectivity index (χ1v) is 6.04. The molecule has 0 fully saturated rings. The molecule has 0 radical (unpaired) electrons. The van der Waals surface area contributed by atoms with E-state index < -0.39 is 0 Å². The van der Waals surface area contributed by atoms with Crippen molar-refractivity contribution in [3.05, 3.63) is 72.3 Å². The van der Waals surface area contributed by atoms with E-state index in [1.807, 2.05) is 6.07 Å². The van der Waals surface area contributed by atoms with E-state index in [0.29, 0.717) is 0 Å². The van der Waals surface area contributed by atoms with Crippen LogP contribution in [0.2, 0.25) is 0 Å². The third kappa shape index (κ3) is 3.32. The third-order valence-electron chi connectivity index (χ3n) is 2.90. The van der Waals surface area contributed by atoms with Gasteiger partial charge in [-0.2, -0.15) is 0 Å². The van der Waals surface area contributed by atoms with E-state index in [1.54, 1.807) is 0 Å². The molecule has 0 aliphatic rings. The van der Waals surface area contributed by atoms with Gasteiger partial charge < -0.3 is 0 Å². The molecule has 0 N–H and O–H groups in total. The van der Waals surface area contributed by atoms with Crippen LogP contribution < -0.4 is 0 Å². The minimum Gasteiger partial charge on any atom is -0.100 e. The molecule has 0 aromatic heterocycles. The first kappa shape index (κ1) is 11.7. The normalized spacial score (nSPS) is 10.2. The summed E-state index contributed by atoms with van der Waals surface area (Å²) in [5, 5.41) is 0. The maximum absolute atomic E-state index is 3.94. The van der Waals surface area contributed by atoms with Crippen molar-refractivity contribution in [2.24, 2.45) is 0 Å². The summed E-state index contributed by atoms with van der Waals surface area (Å²) in [4.78, 5) is 0. The zero-order chi connectivity index (χ0) is 12.1. The summed E-state index contributed by atoms with van der Waals surface area (Å²) in [5.41, 5.74) is 5.19. The first-order valence-electron chi connectivity index (χ1n) is 6.04. The van der Waals surface area contributed by atoms with Gasteiger partial charge in [0.25, 0.3) is 0 Å². The maximum atomic E-state index is 3.94. The fraction of sp³-hybridized carbons (Fsp3) is 0.176. The Morgan fingerprint density at radius 3 is 2.06 bits per heavy atom. The monoisotopic (exact) mass is 222 g/mol. The van der Waals surface area contributed by atoms with Gasteiger partial charge in [0.05, 0.1) is 0 Å². The van der Waals surface area contributed by atoms with Crippen LogP contribution in [0.4, 0.5) is 0 Å². The second-order valence-corrected chi connectivity index (χ2v) is 4.52. The largest absolute Gasteiger partial charge is 0.100 e. The molecule has 2 aromatic carbocycles. The quantitative estimate of drug-likeness (QED) is 0.648. The molecule has 0 nitrogen and oxygen atoms in total. The van der Waals surface area contributed by atoms with Gasteiger partial charge >= 0.3 is 0 Å². The zero-order valence-corrected chi connectivity index (χ0v) is 10.3. The van der Waals surface area contributed by atoms with Crippen LogP contribution in [0, 0.1) is 0 Å². The molecular weight excluding hydrogens is 204 g/mol. The van der Waals surface area contributed by atoms with E-state index in [-0.39, 0.29) is 0 Å². The van der Waals surface area contributed by atoms with Gasteiger partial charge in [0.1, 0.15) is 0 Å². The molecule has 0 spiro atoms. The second kappa shape index (κ2) is 5.49. The van der Waals surface area contributed by atoms with Gasteiger partial charge in [-0.3, -0.25) is 0 Å². The second-order valence-electron chi connectivity index (χ2n) is 4.52. The molecule has 0 aliphatic carbocycles. The Morgan fingerprint density at radius 1 is 0.882 bits per heavy atom.